The molecule has 58 valence electrons. The highest BCUT2D eigenvalue weighted by Gasteiger charge is 2.10. The molecular formula is C5H11N3O2. The Labute approximate surface area is 59.1 Å². The second-order valence-electron chi connectivity index (χ2n) is 2.05. The molecular weight excluding hydrogens is 134 g/mol. The quantitative estimate of drug-likeness (QED) is 0.412. The van der Waals surface area contributed by atoms with Crippen LogP contribution in [0.1, 0.15) is 13.8 Å². The Morgan fingerprint density at radius 2 is 2.20 bits per heavy atom. The van der Waals surface area contributed by atoms with Crippen molar-refractivity contribution in [2.75, 3.05) is 0 Å². The van der Waals surface area contributed by atoms with Crippen molar-refractivity contribution in [1.82, 2.24) is 10.4 Å². The zero-order valence-corrected chi connectivity index (χ0v) is 6.00. The van der Waals surface area contributed by atoms with E-state index in [0.29, 0.717) is 6.41 Å². The summed E-state index contributed by atoms with van der Waals surface area (Å²) in [4.78, 5) is 20.3. The normalized spacial score (nSPS) is 9.10. The third-order valence-corrected chi connectivity index (χ3v) is 0.946. The van der Waals surface area contributed by atoms with Crippen molar-refractivity contribution in [2.24, 2.45) is 5.73 Å². The fourth-order valence-corrected chi connectivity index (χ4v) is 0.524. The number of rotatable bonds is 3. The Morgan fingerprint density at radius 1 is 1.70 bits per heavy atom. The Balaban J connectivity index is 3.97. The van der Waals surface area contributed by atoms with Gasteiger partial charge in [0.25, 0.3) is 0 Å². The van der Waals surface area contributed by atoms with Gasteiger partial charge in [0.2, 0.25) is 6.41 Å². The molecule has 0 rings (SSSR count). The minimum Gasteiger partial charge on any atom is -0.350 e. The smallest absolute Gasteiger partial charge is 0.333 e. The van der Waals surface area contributed by atoms with Crippen molar-refractivity contribution in [3.05, 3.63) is 0 Å². The first-order chi connectivity index (χ1) is 4.59. The first-order valence-corrected chi connectivity index (χ1v) is 2.88. The molecule has 5 heteroatoms. The lowest BCUT2D eigenvalue weighted by molar-refractivity contribution is -0.113. The average Bonchev–Trinajstić information content (AvgIpc) is 1.81. The number of carbonyl (C=O) groups is 2. The summed E-state index contributed by atoms with van der Waals surface area (Å²) in [6, 6.07) is -0.787. The van der Waals surface area contributed by atoms with E-state index in [-0.39, 0.29) is 6.04 Å². The topological polar surface area (TPSA) is 75.4 Å². The molecule has 5 nitrogen and oxygen atoms in total. The van der Waals surface area contributed by atoms with Crippen molar-refractivity contribution in [1.29, 1.82) is 0 Å². The maximum atomic E-state index is 10.5. The molecule has 0 fully saturated rings. The van der Waals surface area contributed by atoms with Crippen LogP contribution in [-0.2, 0) is 4.79 Å². The van der Waals surface area contributed by atoms with E-state index in [4.69, 9.17) is 5.73 Å². The number of hydrogen-bond donors (Lipinski definition) is 2. The summed E-state index contributed by atoms with van der Waals surface area (Å²) in [5, 5.41) is 1.03. The van der Waals surface area contributed by atoms with Crippen LogP contribution in [0.5, 0.6) is 0 Å². The van der Waals surface area contributed by atoms with Gasteiger partial charge in [0.1, 0.15) is 0 Å². The summed E-state index contributed by atoms with van der Waals surface area (Å²) in [6.45, 7) is 3.47. The Kier molecular flexibility index (Phi) is 3.24. The Morgan fingerprint density at radius 3 is 2.30 bits per heavy atom. The first kappa shape index (κ1) is 8.74. The van der Waals surface area contributed by atoms with E-state index in [0.717, 1.165) is 5.01 Å². The molecule has 0 unspecified atom stereocenters. The van der Waals surface area contributed by atoms with Gasteiger partial charge < -0.3 is 5.73 Å². The highest BCUT2D eigenvalue weighted by molar-refractivity contribution is 5.73. The van der Waals surface area contributed by atoms with Crippen molar-refractivity contribution in [2.45, 2.75) is 19.9 Å². The summed E-state index contributed by atoms with van der Waals surface area (Å²) >= 11 is 0. The molecule has 0 saturated heterocycles. The van der Waals surface area contributed by atoms with Crippen molar-refractivity contribution >= 4 is 12.4 Å². The Hall–Kier alpha value is -1.26. The summed E-state index contributed by atoms with van der Waals surface area (Å²) < 4.78 is 0. The van der Waals surface area contributed by atoms with Crippen LogP contribution in [0.15, 0.2) is 0 Å². The largest absolute Gasteiger partial charge is 0.350 e. The molecule has 0 aromatic carbocycles. The first-order valence-electron chi connectivity index (χ1n) is 2.88. The molecule has 0 aliphatic rings. The van der Waals surface area contributed by atoms with E-state index in [1.54, 1.807) is 13.8 Å². The molecule has 3 N–H and O–H groups in total. The summed E-state index contributed by atoms with van der Waals surface area (Å²) in [5.74, 6) is 0. The van der Waals surface area contributed by atoms with Gasteiger partial charge in [-0.3, -0.25) is 10.2 Å². The second kappa shape index (κ2) is 3.71. The molecule has 10 heavy (non-hydrogen) atoms. The molecule has 0 atom stereocenters. The lowest BCUT2D eigenvalue weighted by Gasteiger charge is -2.21. The van der Waals surface area contributed by atoms with E-state index in [9.17, 15) is 9.59 Å². The number of nitrogens with two attached hydrogens (primary N) is 1. The predicted molar refractivity (Wildman–Crippen MR) is 35.8 cm³/mol. The van der Waals surface area contributed by atoms with Gasteiger partial charge in [-0.1, -0.05) is 0 Å². The fraction of sp³-hybridized carbons (Fsp3) is 0.600. The number of urea groups is 1. The molecule has 0 spiro atoms. The third-order valence-electron chi connectivity index (χ3n) is 0.946. The number of amides is 3. The number of nitrogens with zero attached hydrogens (tertiary/aromatic N) is 1. The van der Waals surface area contributed by atoms with E-state index >= 15 is 0 Å². The zero-order valence-electron chi connectivity index (χ0n) is 6.00. The minimum absolute atomic E-state index is 0.123. The molecule has 0 aromatic rings. The lowest BCUT2D eigenvalue weighted by atomic mass is 10.4. The number of nitrogens with one attached hydrogen (secondary N) is 1. The summed E-state index contributed by atoms with van der Waals surface area (Å²) in [5.41, 5.74) is 7.05. The van der Waals surface area contributed by atoms with Crippen LogP contribution in [0, 0.1) is 0 Å². The number of carbonyl (C=O) groups excluding carboxylic acids is 2. The predicted octanol–water partition coefficient (Wildman–Crippen LogP) is -0.564. The highest BCUT2D eigenvalue weighted by Crippen LogP contribution is 1.90. The number of primary amides is 1. The van der Waals surface area contributed by atoms with Gasteiger partial charge in [0.15, 0.2) is 0 Å². The van der Waals surface area contributed by atoms with Crippen LogP contribution in [0.2, 0.25) is 0 Å². The summed E-state index contributed by atoms with van der Waals surface area (Å²) in [7, 11) is 0. The highest BCUT2D eigenvalue weighted by atomic mass is 16.2. The van der Waals surface area contributed by atoms with Crippen LogP contribution in [0.3, 0.4) is 0 Å². The summed E-state index contributed by atoms with van der Waals surface area (Å²) in [6.07, 6.45) is 0.408. The second-order valence-corrected chi connectivity index (χ2v) is 2.05. The van der Waals surface area contributed by atoms with Gasteiger partial charge in [-0.05, 0) is 13.8 Å². The maximum Gasteiger partial charge on any atom is 0.333 e. The van der Waals surface area contributed by atoms with E-state index in [1.165, 1.54) is 0 Å². The molecule has 0 aliphatic carbocycles. The van der Waals surface area contributed by atoms with Crippen LogP contribution < -0.4 is 11.2 Å². The molecule has 0 bridgehead atoms. The molecule has 0 heterocycles. The standard InChI is InChI=1S/C5H11N3O2/c1-4(2)8(5(6)10)7-3-9/h3-4H,1-2H3,(H2,6,10)(H,7,9). The molecule has 0 aliphatic heterocycles. The monoisotopic (exact) mass is 145 g/mol. The lowest BCUT2D eigenvalue weighted by Crippen LogP contribution is -2.49. The van der Waals surface area contributed by atoms with Crippen LogP contribution >= 0.6 is 0 Å². The number of hydrogen-bond acceptors (Lipinski definition) is 2. The van der Waals surface area contributed by atoms with Crippen molar-refractivity contribution < 1.29 is 9.59 Å². The third kappa shape index (κ3) is 2.34. The van der Waals surface area contributed by atoms with Gasteiger partial charge in [0, 0.05) is 6.04 Å². The van der Waals surface area contributed by atoms with Gasteiger partial charge >= 0.3 is 6.03 Å². The Bertz CT molecular complexity index is 135. The molecule has 0 radical (unpaired) electrons. The number of hydrazine groups is 1. The molecule has 0 saturated carbocycles. The van der Waals surface area contributed by atoms with Crippen LogP contribution in [-0.4, -0.2) is 23.5 Å². The van der Waals surface area contributed by atoms with Gasteiger partial charge in [-0.25, -0.2) is 9.80 Å². The maximum absolute atomic E-state index is 10.5. The van der Waals surface area contributed by atoms with Crippen molar-refractivity contribution in [3.63, 3.8) is 0 Å². The van der Waals surface area contributed by atoms with Gasteiger partial charge in [-0.15, -0.1) is 0 Å². The van der Waals surface area contributed by atoms with E-state index in [2.05, 4.69) is 5.43 Å². The zero-order chi connectivity index (χ0) is 8.15. The van der Waals surface area contributed by atoms with E-state index < -0.39 is 6.03 Å². The molecule has 0 aromatic heterocycles. The van der Waals surface area contributed by atoms with E-state index in [1.807, 2.05) is 0 Å². The minimum atomic E-state index is -0.665. The van der Waals surface area contributed by atoms with Crippen LogP contribution in [0.4, 0.5) is 4.79 Å². The van der Waals surface area contributed by atoms with Crippen LogP contribution in [0.25, 0.3) is 0 Å². The SMILES string of the molecule is CC(C)N(NC=O)C(N)=O. The van der Waals surface area contributed by atoms with Gasteiger partial charge in [-0.2, -0.15) is 0 Å². The van der Waals surface area contributed by atoms with Gasteiger partial charge in [0.05, 0.1) is 0 Å². The fourth-order valence-electron chi connectivity index (χ4n) is 0.524. The average molecular weight is 145 g/mol. The van der Waals surface area contributed by atoms with Crippen molar-refractivity contribution in [3.8, 4) is 0 Å². The molecule has 3 amide bonds.